The molecule has 0 saturated heterocycles. The second-order valence-electron chi connectivity index (χ2n) is 6.08. The molecule has 2 aromatic carbocycles. The number of phenols is 1. The molecule has 0 aliphatic carbocycles. The van der Waals surface area contributed by atoms with E-state index in [0.29, 0.717) is 23.6 Å². The van der Waals surface area contributed by atoms with Crippen molar-refractivity contribution in [3.63, 3.8) is 0 Å². The Hall–Kier alpha value is -2.30. The van der Waals surface area contributed by atoms with Crippen LogP contribution >= 0.6 is 11.6 Å². The molecule has 4 nitrogen and oxygen atoms in total. The van der Waals surface area contributed by atoms with Crippen molar-refractivity contribution in [2.75, 3.05) is 0 Å². The zero-order valence-corrected chi connectivity index (χ0v) is 14.9. The third-order valence-electron chi connectivity index (χ3n) is 4.36. The van der Waals surface area contributed by atoms with Crippen LogP contribution in [-0.4, -0.2) is 5.11 Å². The first kappa shape index (κ1) is 17.5. The summed E-state index contributed by atoms with van der Waals surface area (Å²) in [5, 5.41) is 14.9. The maximum atomic E-state index is 11.8. The predicted molar refractivity (Wildman–Crippen MR) is 100 cm³/mol. The van der Waals surface area contributed by atoms with Gasteiger partial charge in [-0.2, -0.15) is 0 Å². The van der Waals surface area contributed by atoms with Gasteiger partial charge in [0.25, 0.3) is 0 Å². The van der Waals surface area contributed by atoms with Crippen molar-refractivity contribution in [1.29, 1.82) is 0 Å². The molecule has 1 heterocycles. The zero-order valence-electron chi connectivity index (χ0n) is 14.2. The van der Waals surface area contributed by atoms with Gasteiger partial charge in [-0.15, -0.1) is 0 Å². The summed E-state index contributed by atoms with van der Waals surface area (Å²) < 4.78 is 5.23. The van der Waals surface area contributed by atoms with Crippen molar-refractivity contribution in [2.24, 2.45) is 0 Å². The van der Waals surface area contributed by atoms with Crippen molar-refractivity contribution in [3.05, 3.63) is 74.6 Å². The van der Waals surface area contributed by atoms with E-state index >= 15 is 0 Å². The lowest BCUT2D eigenvalue weighted by Crippen LogP contribution is -2.19. The first-order chi connectivity index (χ1) is 12.0. The molecule has 0 radical (unpaired) electrons. The van der Waals surface area contributed by atoms with Crippen molar-refractivity contribution >= 4 is 22.6 Å². The predicted octanol–water partition coefficient (Wildman–Crippen LogP) is 4.57. The number of phenolic OH excluding ortho intramolecular Hbond substituents is 1. The highest BCUT2D eigenvalue weighted by Gasteiger charge is 2.12. The minimum absolute atomic E-state index is 0.0729. The number of aryl methyl sites for hydroxylation is 1. The van der Waals surface area contributed by atoms with Gasteiger partial charge in [0.05, 0.1) is 0 Å². The number of fused-ring (bicyclic) bond motifs is 1. The van der Waals surface area contributed by atoms with Crippen LogP contribution in [0.25, 0.3) is 11.0 Å². The number of benzene rings is 2. The molecule has 130 valence electrons. The molecule has 0 saturated carbocycles. The Bertz CT molecular complexity index is 965. The minimum atomic E-state index is -0.427. The molecular weight excluding hydrogens is 338 g/mol. The van der Waals surface area contributed by atoms with Gasteiger partial charge in [-0.3, -0.25) is 0 Å². The van der Waals surface area contributed by atoms with Crippen LogP contribution in [0.15, 0.2) is 51.7 Å². The van der Waals surface area contributed by atoms with Gasteiger partial charge in [-0.1, -0.05) is 30.7 Å². The second kappa shape index (κ2) is 7.30. The van der Waals surface area contributed by atoms with E-state index in [2.05, 4.69) is 5.32 Å². The summed E-state index contributed by atoms with van der Waals surface area (Å²) in [4.78, 5) is 11.8. The van der Waals surface area contributed by atoms with Gasteiger partial charge in [-0.25, -0.2) is 4.79 Å². The summed E-state index contributed by atoms with van der Waals surface area (Å²) in [6.45, 7) is 4.52. The van der Waals surface area contributed by atoms with Gasteiger partial charge in [-0.05, 0) is 48.2 Å². The molecule has 0 unspecified atom stereocenters. The van der Waals surface area contributed by atoms with Gasteiger partial charge >= 0.3 is 5.63 Å². The van der Waals surface area contributed by atoms with E-state index in [1.165, 1.54) is 12.1 Å². The summed E-state index contributed by atoms with van der Waals surface area (Å²) in [5.41, 5.74) is 2.71. The summed E-state index contributed by atoms with van der Waals surface area (Å²) in [5.74, 6) is 0.149. The van der Waals surface area contributed by atoms with Gasteiger partial charge in [0.2, 0.25) is 0 Å². The van der Waals surface area contributed by atoms with E-state index in [-0.39, 0.29) is 11.8 Å². The lowest BCUT2D eigenvalue weighted by molar-refractivity contribution is 0.466. The maximum Gasteiger partial charge on any atom is 0.336 e. The van der Waals surface area contributed by atoms with E-state index in [1.54, 1.807) is 0 Å². The van der Waals surface area contributed by atoms with Gasteiger partial charge in [0.1, 0.15) is 11.3 Å². The highest BCUT2D eigenvalue weighted by Crippen LogP contribution is 2.27. The number of hydrogen-bond donors (Lipinski definition) is 2. The average molecular weight is 358 g/mol. The third-order valence-corrected chi connectivity index (χ3v) is 4.59. The molecule has 3 rings (SSSR count). The van der Waals surface area contributed by atoms with Crippen LogP contribution in [-0.2, 0) is 13.0 Å². The second-order valence-corrected chi connectivity index (χ2v) is 6.52. The van der Waals surface area contributed by atoms with E-state index in [9.17, 15) is 9.90 Å². The van der Waals surface area contributed by atoms with E-state index in [4.69, 9.17) is 16.0 Å². The van der Waals surface area contributed by atoms with Gasteiger partial charge in [0, 0.05) is 35.1 Å². The molecule has 2 N–H and O–H groups in total. The molecular formula is C20H20ClNO3. The number of rotatable bonds is 5. The molecule has 0 aliphatic rings. The number of aromatic hydroxyl groups is 1. The lowest BCUT2D eigenvalue weighted by Gasteiger charge is -2.16. The number of halogens is 1. The monoisotopic (exact) mass is 357 g/mol. The molecule has 25 heavy (non-hydrogen) atoms. The van der Waals surface area contributed by atoms with Gasteiger partial charge in [0.15, 0.2) is 0 Å². The van der Waals surface area contributed by atoms with Crippen LogP contribution in [0.3, 0.4) is 0 Å². The maximum absolute atomic E-state index is 11.8. The van der Waals surface area contributed by atoms with Crippen molar-refractivity contribution in [3.8, 4) is 5.75 Å². The first-order valence-electron chi connectivity index (χ1n) is 8.25. The third kappa shape index (κ3) is 3.86. The van der Waals surface area contributed by atoms with Crippen LogP contribution < -0.4 is 10.9 Å². The number of nitrogens with one attached hydrogen (secondary N) is 1. The highest BCUT2D eigenvalue weighted by atomic mass is 35.5. The molecule has 0 spiro atoms. The molecule has 0 fully saturated rings. The average Bonchev–Trinajstić information content (AvgIpc) is 2.58. The largest absolute Gasteiger partial charge is 0.508 e. The van der Waals surface area contributed by atoms with E-state index in [0.717, 1.165) is 22.1 Å². The normalized spacial score (nSPS) is 12.4. The topological polar surface area (TPSA) is 62.5 Å². The van der Waals surface area contributed by atoms with Crippen LogP contribution in [0, 0.1) is 0 Å². The molecule has 0 amide bonds. The Balaban J connectivity index is 1.91. The lowest BCUT2D eigenvalue weighted by atomic mass is 10.0. The Morgan fingerprint density at radius 2 is 2.00 bits per heavy atom. The van der Waals surface area contributed by atoms with Crippen LogP contribution in [0.4, 0.5) is 0 Å². The Kier molecular flexibility index (Phi) is 5.11. The molecule has 3 aromatic rings. The first-order valence-corrected chi connectivity index (χ1v) is 8.63. The Labute approximate surface area is 151 Å². The standard InChI is InChI=1S/C20H20ClNO3/c1-3-13-8-17-15(9-20(24)25-19(17)10-18(13)23)11-22-12(2)14-5-4-6-16(21)7-14/h4-10,12,22-23H,3,11H2,1-2H3/t12-/m1/s1. The quantitative estimate of drug-likeness (QED) is 0.657. The molecule has 1 atom stereocenters. The van der Waals surface area contributed by atoms with Crippen LogP contribution in [0.1, 0.15) is 36.6 Å². The van der Waals surface area contributed by atoms with Crippen LogP contribution in [0.2, 0.25) is 5.02 Å². The zero-order chi connectivity index (χ0) is 18.0. The van der Waals surface area contributed by atoms with Crippen molar-refractivity contribution in [2.45, 2.75) is 32.9 Å². The van der Waals surface area contributed by atoms with Crippen molar-refractivity contribution in [1.82, 2.24) is 5.32 Å². The van der Waals surface area contributed by atoms with Crippen LogP contribution in [0.5, 0.6) is 5.75 Å². The van der Waals surface area contributed by atoms with Crippen molar-refractivity contribution < 1.29 is 9.52 Å². The van der Waals surface area contributed by atoms with E-state index < -0.39 is 5.63 Å². The molecule has 0 aliphatic heterocycles. The Morgan fingerprint density at radius 3 is 2.72 bits per heavy atom. The fourth-order valence-corrected chi connectivity index (χ4v) is 3.09. The fraction of sp³-hybridized carbons (Fsp3) is 0.250. The SMILES string of the molecule is CCc1cc2c(CN[C@H](C)c3cccc(Cl)c3)cc(=O)oc2cc1O. The van der Waals surface area contributed by atoms with E-state index in [1.807, 2.05) is 44.2 Å². The smallest absolute Gasteiger partial charge is 0.336 e. The molecule has 1 aromatic heterocycles. The fourth-order valence-electron chi connectivity index (χ4n) is 2.89. The molecule has 5 heteroatoms. The summed E-state index contributed by atoms with van der Waals surface area (Å²) in [7, 11) is 0. The summed E-state index contributed by atoms with van der Waals surface area (Å²) in [6, 6.07) is 12.7. The highest BCUT2D eigenvalue weighted by molar-refractivity contribution is 6.30. The molecule has 0 bridgehead atoms. The summed E-state index contributed by atoms with van der Waals surface area (Å²) in [6.07, 6.45) is 0.701. The number of hydrogen-bond acceptors (Lipinski definition) is 4. The Morgan fingerprint density at radius 1 is 1.20 bits per heavy atom. The summed E-state index contributed by atoms with van der Waals surface area (Å²) >= 11 is 6.05. The minimum Gasteiger partial charge on any atom is -0.508 e. The van der Waals surface area contributed by atoms with Gasteiger partial charge < -0.3 is 14.8 Å².